The first-order chi connectivity index (χ1) is 2.91. The van der Waals surface area contributed by atoms with Crippen molar-refractivity contribution in [3.05, 3.63) is 0 Å². The Morgan fingerprint density at radius 2 is 2.50 bits per heavy atom. The van der Waals surface area contributed by atoms with Crippen LogP contribution in [0.3, 0.4) is 0 Å². The third kappa shape index (κ3) is 4.02. The molecule has 0 fully saturated rings. The van der Waals surface area contributed by atoms with Gasteiger partial charge in [-0.05, 0) is 5.75 Å². The Kier molecular flexibility index (Phi) is 5.04. The molecule has 0 atom stereocenters. The second-order valence-electron chi connectivity index (χ2n) is 0.819. The van der Waals surface area contributed by atoms with Gasteiger partial charge in [0.1, 0.15) is 0 Å². The van der Waals surface area contributed by atoms with E-state index in [0.29, 0.717) is 0 Å². The predicted octanol–water partition coefficient (Wildman–Crippen LogP) is 1.40. The Morgan fingerprint density at radius 1 is 1.83 bits per heavy atom. The lowest BCUT2D eigenvalue weighted by molar-refractivity contribution is 1.48. The molecule has 2 heteroatoms. The van der Waals surface area contributed by atoms with E-state index in [0.717, 1.165) is 5.75 Å². The van der Waals surface area contributed by atoms with E-state index in [2.05, 4.69) is 11.9 Å². The van der Waals surface area contributed by atoms with Crippen molar-refractivity contribution >= 4 is 17.3 Å². The average molecular weight is 103 g/mol. The van der Waals surface area contributed by atoms with Crippen LogP contribution < -0.4 is 0 Å². The van der Waals surface area contributed by atoms with Crippen molar-refractivity contribution in [2.24, 2.45) is 4.99 Å². The molecule has 6 heavy (non-hydrogen) atoms. The molecule has 0 aromatic carbocycles. The lowest BCUT2D eigenvalue weighted by Crippen LogP contribution is -1.63. The summed E-state index contributed by atoms with van der Waals surface area (Å²) in [6.45, 7) is 2.10. The molecular formula is C4H9NS. The molecule has 0 aromatic heterocycles. The Balaban J connectivity index is 2.66. The lowest BCUT2D eigenvalue weighted by Gasteiger charge is -1.76. The summed E-state index contributed by atoms with van der Waals surface area (Å²) in [6, 6.07) is 0. The van der Waals surface area contributed by atoms with E-state index >= 15 is 0 Å². The van der Waals surface area contributed by atoms with Crippen LogP contribution in [-0.4, -0.2) is 18.3 Å². The number of thioether (sulfide) groups is 1. The van der Waals surface area contributed by atoms with Gasteiger partial charge in [-0.1, -0.05) is 6.92 Å². The van der Waals surface area contributed by atoms with Crippen LogP contribution >= 0.6 is 11.8 Å². The molecule has 0 aromatic rings. The summed E-state index contributed by atoms with van der Waals surface area (Å²) in [5.41, 5.74) is 1.85. The van der Waals surface area contributed by atoms with Crippen molar-refractivity contribution < 1.29 is 0 Å². The SMILES string of the molecule is CCS/C=N\C. The minimum Gasteiger partial charge on any atom is -0.290 e. The lowest BCUT2D eigenvalue weighted by atomic mass is 11.0. The molecule has 0 saturated carbocycles. The largest absolute Gasteiger partial charge is 0.290 e. The zero-order valence-corrected chi connectivity index (χ0v) is 4.96. The number of hydrogen-bond donors (Lipinski definition) is 0. The average Bonchev–Trinajstić information content (AvgIpc) is 1.61. The highest BCUT2D eigenvalue weighted by molar-refractivity contribution is 8.12. The third-order valence-electron chi connectivity index (χ3n) is 0.347. The van der Waals surface area contributed by atoms with Crippen LogP contribution in [0.15, 0.2) is 4.99 Å². The van der Waals surface area contributed by atoms with Gasteiger partial charge < -0.3 is 0 Å². The fourth-order valence-corrected chi connectivity index (χ4v) is 0.447. The molecule has 0 aliphatic heterocycles. The van der Waals surface area contributed by atoms with Crippen molar-refractivity contribution in [3.8, 4) is 0 Å². The van der Waals surface area contributed by atoms with Crippen LogP contribution in [0.25, 0.3) is 0 Å². The fraction of sp³-hybridized carbons (Fsp3) is 0.750. The minimum atomic E-state index is 1.12. The standard InChI is InChI=1S/C4H9NS/c1-3-6-4-5-2/h4H,3H2,1-2H3/b5-4-. The molecule has 0 radical (unpaired) electrons. The molecular weight excluding hydrogens is 94.1 g/mol. The van der Waals surface area contributed by atoms with Crippen LogP contribution in [0.2, 0.25) is 0 Å². The quantitative estimate of drug-likeness (QED) is 0.380. The number of nitrogens with zero attached hydrogens (tertiary/aromatic N) is 1. The maximum Gasteiger partial charge on any atom is 0.0537 e. The summed E-state index contributed by atoms with van der Waals surface area (Å²) in [5.74, 6) is 1.12. The van der Waals surface area contributed by atoms with E-state index in [1.807, 2.05) is 5.55 Å². The molecule has 0 unspecified atom stereocenters. The van der Waals surface area contributed by atoms with E-state index in [1.54, 1.807) is 18.8 Å². The molecule has 0 N–H and O–H groups in total. The predicted molar refractivity (Wildman–Crippen MR) is 32.5 cm³/mol. The molecule has 0 heterocycles. The Hall–Kier alpha value is 0.0200. The summed E-state index contributed by atoms with van der Waals surface area (Å²) in [6.07, 6.45) is 0. The van der Waals surface area contributed by atoms with Gasteiger partial charge >= 0.3 is 0 Å². The van der Waals surface area contributed by atoms with Crippen LogP contribution in [0.5, 0.6) is 0 Å². The van der Waals surface area contributed by atoms with Crippen molar-refractivity contribution in [1.29, 1.82) is 0 Å². The molecule has 36 valence electrons. The van der Waals surface area contributed by atoms with Gasteiger partial charge in [-0.2, -0.15) is 0 Å². The molecule has 0 rings (SSSR count). The topological polar surface area (TPSA) is 12.4 Å². The van der Waals surface area contributed by atoms with Crippen molar-refractivity contribution in [3.63, 3.8) is 0 Å². The summed E-state index contributed by atoms with van der Waals surface area (Å²) < 4.78 is 0. The van der Waals surface area contributed by atoms with Crippen molar-refractivity contribution in [2.45, 2.75) is 6.92 Å². The number of rotatable bonds is 2. The first-order valence-corrected chi connectivity index (χ1v) is 2.99. The summed E-state index contributed by atoms with van der Waals surface area (Å²) >= 11 is 1.72. The second kappa shape index (κ2) is 5.02. The second-order valence-corrected chi connectivity index (χ2v) is 1.94. The Labute approximate surface area is 42.9 Å². The van der Waals surface area contributed by atoms with Gasteiger partial charge in [0.25, 0.3) is 0 Å². The van der Waals surface area contributed by atoms with Gasteiger partial charge in [0.2, 0.25) is 0 Å². The zero-order valence-electron chi connectivity index (χ0n) is 4.14. The van der Waals surface area contributed by atoms with E-state index in [-0.39, 0.29) is 0 Å². The maximum absolute atomic E-state index is 3.76. The molecule has 0 aliphatic rings. The number of aliphatic imine (C=N–C) groups is 1. The van der Waals surface area contributed by atoms with E-state index in [9.17, 15) is 0 Å². The van der Waals surface area contributed by atoms with Crippen molar-refractivity contribution in [1.82, 2.24) is 0 Å². The van der Waals surface area contributed by atoms with Crippen LogP contribution in [0.4, 0.5) is 0 Å². The Bertz CT molecular complexity index is 42.8. The maximum atomic E-state index is 3.76. The monoisotopic (exact) mass is 103 g/mol. The summed E-state index contributed by atoms with van der Waals surface area (Å²) in [4.78, 5) is 3.76. The summed E-state index contributed by atoms with van der Waals surface area (Å²) in [5, 5.41) is 0. The van der Waals surface area contributed by atoms with E-state index < -0.39 is 0 Å². The normalized spacial score (nSPS) is 10.3. The molecule has 0 bridgehead atoms. The van der Waals surface area contributed by atoms with Crippen LogP contribution in [-0.2, 0) is 0 Å². The van der Waals surface area contributed by atoms with Crippen molar-refractivity contribution in [2.75, 3.05) is 12.8 Å². The smallest absolute Gasteiger partial charge is 0.0537 e. The fourth-order valence-electron chi connectivity index (χ4n) is 0.149. The minimum absolute atomic E-state index is 1.12. The van der Waals surface area contributed by atoms with E-state index in [4.69, 9.17) is 0 Å². The molecule has 0 amide bonds. The highest BCUT2D eigenvalue weighted by atomic mass is 32.2. The summed E-state index contributed by atoms with van der Waals surface area (Å²) in [7, 11) is 1.78. The molecule has 0 aliphatic carbocycles. The van der Waals surface area contributed by atoms with Crippen LogP contribution in [0.1, 0.15) is 6.92 Å². The molecule has 0 spiro atoms. The van der Waals surface area contributed by atoms with E-state index in [1.165, 1.54) is 0 Å². The van der Waals surface area contributed by atoms with Gasteiger partial charge in [-0.25, -0.2) is 0 Å². The zero-order chi connectivity index (χ0) is 4.83. The highest BCUT2D eigenvalue weighted by Crippen LogP contribution is 1.88. The van der Waals surface area contributed by atoms with Gasteiger partial charge in [0.15, 0.2) is 0 Å². The third-order valence-corrected chi connectivity index (χ3v) is 1.04. The van der Waals surface area contributed by atoms with Gasteiger partial charge in [0, 0.05) is 7.05 Å². The van der Waals surface area contributed by atoms with Crippen LogP contribution in [0, 0.1) is 0 Å². The highest BCUT2D eigenvalue weighted by Gasteiger charge is 1.65. The molecule has 0 saturated heterocycles. The Morgan fingerprint density at radius 3 is 2.67 bits per heavy atom. The van der Waals surface area contributed by atoms with Gasteiger partial charge in [0.05, 0.1) is 5.55 Å². The van der Waals surface area contributed by atoms with Gasteiger partial charge in [-0.3, -0.25) is 4.99 Å². The van der Waals surface area contributed by atoms with Gasteiger partial charge in [-0.15, -0.1) is 11.8 Å². The number of hydrogen-bond acceptors (Lipinski definition) is 2. The first kappa shape index (κ1) is 6.02. The molecule has 1 nitrogen and oxygen atoms in total. The first-order valence-electron chi connectivity index (χ1n) is 1.94.